The van der Waals surface area contributed by atoms with Crippen LogP contribution >= 0.6 is 0 Å². The third-order valence-electron chi connectivity index (χ3n) is 3.13. The molecule has 1 aliphatic rings. The summed E-state index contributed by atoms with van der Waals surface area (Å²) in [5.41, 5.74) is -0.233. The summed E-state index contributed by atoms with van der Waals surface area (Å²) >= 11 is 0. The summed E-state index contributed by atoms with van der Waals surface area (Å²) in [6, 6.07) is 1.85. The van der Waals surface area contributed by atoms with Crippen molar-refractivity contribution in [1.82, 2.24) is 9.97 Å². The monoisotopic (exact) mass is 252 g/mol. The second-order valence-corrected chi connectivity index (χ2v) is 4.68. The van der Waals surface area contributed by atoms with Crippen molar-refractivity contribution < 1.29 is 9.47 Å². The van der Waals surface area contributed by atoms with E-state index in [2.05, 4.69) is 15.3 Å². The number of anilines is 2. The maximum Gasteiger partial charge on any atom is 0.226 e. The van der Waals surface area contributed by atoms with Crippen LogP contribution in [0.4, 0.5) is 11.8 Å². The Morgan fingerprint density at radius 3 is 3.00 bits per heavy atom. The van der Waals surface area contributed by atoms with Gasteiger partial charge in [0.15, 0.2) is 0 Å². The molecule has 6 heteroatoms. The summed E-state index contributed by atoms with van der Waals surface area (Å²) in [6.07, 6.45) is 2.65. The van der Waals surface area contributed by atoms with Gasteiger partial charge in [-0.05, 0) is 6.07 Å². The molecule has 1 aromatic rings. The molecule has 0 bridgehead atoms. The van der Waals surface area contributed by atoms with Crippen molar-refractivity contribution in [3.8, 4) is 0 Å². The van der Waals surface area contributed by atoms with Crippen LogP contribution in [0, 0.1) is 0 Å². The van der Waals surface area contributed by atoms with Gasteiger partial charge in [-0.15, -0.1) is 0 Å². The average molecular weight is 252 g/mol. The van der Waals surface area contributed by atoms with Crippen molar-refractivity contribution in [3.05, 3.63) is 12.3 Å². The number of ether oxygens (including phenoxy) is 2. The summed E-state index contributed by atoms with van der Waals surface area (Å²) < 4.78 is 11.0. The molecule has 2 heterocycles. The predicted octanol–water partition coefficient (Wildman–Crippen LogP) is 0.760. The second-order valence-electron chi connectivity index (χ2n) is 4.68. The van der Waals surface area contributed by atoms with E-state index in [-0.39, 0.29) is 5.60 Å². The molecule has 1 aliphatic heterocycles. The van der Waals surface area contributed by atoms with E-state index in [1.54, 1.807) is 13.3 Å². The van der Waals surface area contributed by atoms with E-state index in [0.717, 1.165) is 18.8 Å². The predicted molar refractivity (Wildman–Crippen MR) is 70.0 cm³/mol. The summed E-state index contributed by atoms with van der Waals surface area (Å²) in [7, 11) is 5.56. The van der Waals surface area contributed by atoms with Gasteiger partial charge in [-0.25, -0.2) is 4.98 Å². The smallest absolute Gasteiger partial charge is 0.226 e. The molecule has 0 amide bonds. The lowest BCUT2D eigenvalue weighted by Gasteiger charge is -2.26. The summed E-state index contributed by atoms with van der Waals surface area (Å²) in [6.45, 7) is 2.07. The molecule has 6 nitrogen and oxygen atoms in total. The van der Waals surface area contributed by atoms with Crippen LogP contribution in [0.25, 0.3) is 0 Å². The number of nitrogens with zero attached hydrogens (tertiary/aromatic N) is 3. The lowest BCUT2D eigenvalue weighted by Crippen LogP contribution is -2.39. The number of nitrogens with one attached hydrogen (secondary N) is 1. The number of methoxy groups -OCH3 is 1. The fraction of sp³-hybridized carbons (Fsp3) is 0.667. The minimum absolute atomic E-state index is 0.233. The zero-order valence-corrected chi connectivity index (χ0v) is 11.1. The summed E-state index contributed by atoms with van der Waals surface area (Å²) in [5.74, 6) is 1.49. The van der Waals surface area contributed by atoms with Gasteiger partial charge in [0.1, 0.15) is 11.4 Å². The number of aromatic nitrogens is 2. The second kappa shape index (κ2) is 5.49. The minimum Gasteiger partial charge on any atom is -0.378 e. The zero-order valence-electron chi connectivity index (χ0n) is 11.1. The minimum atomic E-state index is -0.233. The maximum atomic E-state index is 5.56. The third kappa shape index (κ3) is 2.88. The molecule has 0 aromatic carbocycles. The Morgan fingerprint density at radius 1 is 1.56 bits per heavy atom. The van der Waals surface area contributed by atoms with E-state index in [9.17, 15) is 0 Å². The molecule has 1 unspecified atom stereocenters. The molecule has 100 valence electrons. The zero-order chi connectivity index (χ0) is 13.0. The SMILES string of the molecule is COC1(CNc2ccnc(N(C)C)n2)CCOC1. The molecule has 1 saturated heterocycles. The van der Waals surface area contributed by atoms with Gasteiger partial charge < -0.3 is 19.7 Å². The van der Waals surface area contributed by atoms with Crippen LogP contribution in [0.2, 0.25) is 0 Å². The van der Waals surface area contributed by atoms with Crippen molar-refractivity contribution in [2.24, 2.45) is 0 Å². The highest BCUT2D eigenvalue weighted by atomic mass is 16.5. The Bertz CT molecular complexity index is 391. The Balaban J connectivity index is 1.99. The van der Waals surface area contributed by atoms with Crippen molar-refractivity contribution in [2.75, 3.05) is 51.2 Å². The highest BCUT2D eigenvalue weighted by molar-refractivity contribution is 5.40. The van der Waals surface area contributed by atoms with Gasteiger partial charge >= 0.3 is 0 Å². The van der Waals surface area contributed by atoms with Gasteiger partial charge in [-0.3, -0.25) is 0 Å². The largest absolute Gasteiger partial charge is 0.378 e. The summed E-state index contributed by atoms with van der Waals surface area (Å²) in [4.78, 5) is 10.5. The average Bonchev–Trinajstić information content (AvgIpc) is 2.86. The molecule has 1 aromatic heterocycles. The fourth-order valence-corrected chi connectivity index (χ4v) is 1.88. The molecular formula is C12H20N4O2. The Kier molecular flexibility index (Phi) is 3.98. The van der Waals surface area contributed by atoms with E-state index in [1.165, 1.54) is 0 Å². The highest BCUT2D eigenvalue weighted by Gasteiger charge is 2.34. The van der Waals surface area contributed by atoms with Crippen molar-refractivity contribution in [2.45, 2.75) is 12.0 Å². The third-order valence-corrected chi connectivity index (χ3v) is 3.13. The quantitative estimate of drug-likeness (QED) is 0.835. The molecule has 0 spiro atoms. The first-order valence-electron chi connectivity index (χ1n) is 6.02. The Hall–Kier alpha value is -1.40. The van der Waals surface area contributed by atoms with Gasteiger partial charge in [0, 0.05) is 47.0 Å². The van der Waals surface area contributed by atoms with E-state index in [4.69, 9.17) is 9.47 Å². The number of hydrogen-bond donors (Lipinski definition) is 1. The van der Waals surface area contributed by atoms with E-state index in [0.29, 0.717) is 19.1 Å². The standard InChI is InChI=1S/C12H20N4O2/c1-16(2)11-13-6-4-10(15-11)14-8-12(17-3)5-7-18-9-12/h4,6H,5,7-9H2,1-3H3,(H,13,14,15). The highest BCUT2D eigenvalue weighted by Crippen LogP contribution is 2.23. The molecule has 1 atom stereocenters. The normalized spacial score (nSPS) is 23.1. The molecule has 1 N–H and O–H groups in total. The number of hydrogen-bond acceptors (Lipinski definition) is 6. The van der Waals surface area contributed by atoms with E-state index >= 15 is 0 Å². The van der Waals surface area contributed by atoms with Gasteiger partial charge in [0.05, 0.1) is 6.61 Å². The molecule has 0 aliphatic carbocycles. The first kappa shape index (κ1) is 13.0. The van der Waals surface area contributed by atoms with Gasteiger partial charge in [-0.2, -0.15) is 4.98 Å². The van der Waals surface area contributed by atoms with Crippen LogP contribution < -0.4 is 10.2 Å². The topological polar surface area (TPSA) is 59.5 Å². The molecular weight excluding hydrogens is 232 g/mol. The van der Waals surface area contributed by atoms with Crippen LogP contribution in [0.3, 0.4) is 0 Å². The molecule has 0 saturated carbocycles. The lowest BCUT2D eigenvalue weighted by molar-refractivity contribution is -0.00625. The van der Waals surface area contributed by atoms with Crippen molar-refractivity contribution in [3.63, 3.8) is 0 Å². The van der Waals surface area contributed by atoms with E-state index < -0.39 is 0 Å². The van der Waals surface area contributed by atoms with Crippen molar-refractivity contribution >= 4 is 11.8 Å². The van der Waals surface area contributed by atoms with Crippen LogP contribution in [0.5, 0.6) is 0 Å². The first-order chi connectivity index (χ1) is 8.65. The van der Waals surface area contributed by atoms with E-state index in [1.807, 2.05) is 25.1 Å². The van der Waals surface area contributed by atoms with Gasteiger partial charge in [-0.1, -0.05) is 0 Å². The maximum absolute atomic E-state index is 5.56. The van der Waals surface area contributed by atoms with Crippen LogP contribution in [-0.2, 0) is 9.47 Å². The molecule has 18 heavy (non-hydrogen) atoms. The Labute approximate surface area is 107 Å². The molecule has 2 rings (SSSR count). The van der Waals surface area contributed by atoms with Crippen LogP contribution in [-0.4, -0.2) is 56.5 Å². The van der Waals surface area contributed by atoms with Gasteiger partial charge in [0.2, 0.25) is 5.95 Å². The fourth-order valence-electron chi connectivity index (χ4n) is 1.88. The molecule has 0 radical (unpaired) electrons. The van der Waals surface area contributed by atoms with Crippen molar-refractivity contribution in [1.29, 1.82) is 0 Å². The Morgan fingerprint density at radius 2 is 2.39 bits per heavy atom. The van der Waals surface area contributed by atoms with Crippen LogP contribution in [0.1, 0.15) is 6.42 Å². The lowest BCUT2D eigenvalue weighted by atomic mass is 10.0. The van der Waals surface area contributed by atoms with Crippen LogP contribution in [0.15, 0.2) is 12.3 Å². The van der Waals surface area contributed by atoms with Gasteiger partial charge in [0.25, 0.3) is 0 Å². The molecule has 1 fully saturated rings. The first-order valence-corrected chi connectivity index (χ1v) is 6.02. The number of rotatable bonds is 5. The summed E-state index contributed by atoms with van der Waals surface area (Å²) in [5, 5.41) is 3.29.